The molecular weight excluding hydrogens is 350 g/mol. The SMILES string of the molecule is CCOc1ccc(C(=O)COC(=O)c2cc([N+](=O)[O-])ccc2Cl)cc1. The van der Waals surface area contributed by atoms with E-state index >= 15 is 0 Å². The van der Waals surface area contributed by atoms with Crippen molar-refractivity contribution in [1.29, 1.82) is 0 Å². The van der Waals surface area contributed by atoms with Gasteiger partial charge in [0.1, 0.15) is 5.75 Å². The lowest BCUT2D eigenvalue weighted by Gasteiger charge is -2.07. The zero-order valence-electron chi connectivity index (χ0n) is 13.2. The standard InChI is InChI=1S/C17H14ClNO6/c1-2-24-13-6-3-11(4-7-13)16(20)10-25-17(21)14-9-12(19(22)23)5-8-15(14)18/h3-9H,2,10H2,1H3. The van der Waals surface area contributed by atoms with Gasteiger partial charge in [0, 0.05) is 17.7 Å². The van der Waals surface area contributed by atoms with Crippen molar-refractivity contribution in [2.45, 2.75) is 6.92 Å². The van der Waals surface area contributed by atoms with E-state index in [1.807, 2.05) is 6.92 Å². The van der Waals surface area contributed by atoms with Gasteiger partial charge in [0.2, 0.25) is 0 Å². The van der Waals surface area contributed by atoms with Crippen LogP contribution in [0.15, 0.2) is 42.5 Å². The molecule has 0 heterocycles. The van der Waals surface area contributed by atoms with Gasteiger partial charge in [-0.15, -0.1) is 0 Å². The van der Waals surface area contributed by atoms with Crippen molar-refractivity contribution in [3.05, 3.63) is 68.7 Å². The number of ether oxygens (including phenoxy) is 2. The van der Waals surface area contributed by atoms with Gasteiger partial charge in [-0.3, -0.25) is 14.9 Å². The minimum Gasteiger partial charge on any atom is -0.494 e. The summed E-state index contributed by atoms with van der Waals surface area (Å²) < 4.78 is 10.2. The van der Waals surface area contributed by atoms with Crippen LogP contribution in [0.4, 0.5) is 5.69 Å². The topological polar surface area (TPSA) is 95.7 Å². The highest BCUT2D eigenvalue weighted by Gasteiger charge is 2.18. The molecule has 0 unspecified atom stereocenters. The fraction of sp³-hybridized carbons (Fsp3) is 0.176. The van der Waals surface area contributed by atoms with Gasteiger partial charge >= 0.3 is 5.97 Å². The lowest BCUT2D eigenvalue weighted by molar-refractivity contribution is -0.384. The average Bonchev–Trinajstić information content (AvgIpc) is 2.60. The van der Waals surface area contributed by atoms with Gasteiger partial charge in [0.05, 0.1) is 22.1 Å². The highest BCUT2D eigenvalue weighted by atomic mass is 35.5. The molecule has 0 amide bonds. The molecule has 25 heavy (non-hydrogen) atoms. The van der Waals surface area contributed by atoms with Crippen LogP contribution in [0, 0.1) is 10.1 Å². The Morgan fingerprint density at radius 2 is 1.84 bits per heavy atom. The number of esters is 1. The van der Waals surface area contributed by atoms with E-state index in [9.17, 15) is 19.7 Å². The molecule has 0 fully saturated rings. The number of nitro benzene ring substituents is 1. The number of hydrogen-bond acceptors (Lipinski definition) is 6. The summed E-state index contributed by atoms with van der Waals surface area (Å²) in [6, 6.07) is 9.79. The second-order valence-electron chi connectivity index (χ2n) is 4.88. The maximum atomic E-state index is 12.1. The summed E-state index contributed by atoms with van der Waals surface area (Å²) in [5.41, 5.74) is -0.119. The molecule has 7 nitrogen and oxygen atoms in total. The Bertz CT molecular complexity index is 803. The Morgan fingerprint density at radius 3 is 2.44 bits per heavy atom. The maximum Gasteiger partial charge on any atom is 0.340 e. The molecule has 2 aromatic rings. The van der Waals surface area contributed by atoms with Gasteiger partial charge in [-0.25, -0.2) is 4.79 Å². The summed E-state index contributed by atoms with van der Waals surface area (Å²) in [5, 5.41) is 10.8. The molecule has 0 radical (unpaired) electrons. The Hall–Kier alpha value is -2.93. The van der Waals surface area contributed by atoms with E-state index in [0.29, 0.717) is 17.9 Å². The number of hydrogen-bond donors (Lipinski definition) is 0. The third-order valence-corrected chi connectivity index (χ3v) is 3.53. The van der Waals surface area contributed by atoms with Crippen LogP contribution >= 0.6 is 11.6 Å². The second kappa shape index (κ2) is 8.25. The lowest BCUT2D eigenvalue weighted by atomic mass is 10.1. The molecule has 0 bridgehead atoms. The third kappa shape index (κ3) is 4.77. The molecule has 0 spiro atoms. The van der Waals surface area contributed by atoms with E-state index in [4.69, 9.17) is 21.1 Å². The van der Waals surface area contributed by atoms with Gasteiger partial charge in [-0.2, -0.15) is 0 Å². The first kappa shape index (κ1) is 18.4. The number of Topliss-reactive ketones (excluding diaryl/α,β-unsaturated/α-hetero) is 1. The molecule has 0 aliphatic carbocycles. The van der Waals surface area contributed by atoms with Gasteiger partial charge in [0.15, 0.2) is 12.4 Å². The number of nitro groups is 1. The van der Waals surface area contributed by atoms with E-state index in [1.54, 1.807) is 24.3 Å². The van der Waals surface area contributed by atoms with Crippen molar-refractivity contribution in [1.82, 2.24) is 0 Å². The molecule has 0 saturated heterocycles. The van der Waals surface area contributed by atoms with Crippen molar-refractivity contribution in [2.75, 3.05) is 13.2 Å². The molecular formula is C17H14ClNO6. The quantitative estimate of drug-likeness (QED) is 0.322. The van der Waals surface area contributed by atoms with Gasteiger partial charge in [0.25, 0.3) is 5.69 Å². The van der Waals surface area contributed by atoms with Crippen LogP contribution in [-0.4, -0.2) is 29.9 Å². The number of nitrogens with zero attached hydrogens (tertiary/aromatic N) is 1. The Labute approximate surface area is 148 Å². The predicted molar refractivity (Wildman–Crippen MR) is 90.3 cm³/mol. The zero-order chi connectivity index (χ0) is 18.4. The van der Waals surface area contributed by atoms with E-state index in [0.717, 1.165) is 6.07 Å². The summed E-state index contributed by atoms with van der Waals surface area (Å²) >= 11 is 5.85. The van der Waals surface area contributed by atoms with Crippen molar-refractivity contribution in [3.63, 3.8) is 0 Å². The summed E-state index contributed by atoms with van der Waals surface area (Å²) in [6.45, 7) is 1.85. The van der Waals surface area contributed by atoms with Gasteiger partial charge < -0.3 is 9.47 Å². The molecule has 0 saturated carbocycles. The summed E-state index contributed by atoms with van der Waals surface area (Å²) in [6.07, 6.45) is 0. The molecule has 0 N–H and O–H groups in total. The highest BCUT2D eigenvalue weighted by Crippen LogP contribution is 2.23. The minimum absolute atomic E-state index is 0.00381. The number of non-ortho nitro benzene ring substituents is 1. The molecule has 130 valence electrons. The van der Waals surface area contributed by atoms with Crippen LogP contribution in [0.2, 0.25) is 5.02 Å². The molecule has 0 aliphatic rings. The van der Waals surface area contributed by atoms with Crippen LogP contribution in [0.3, 0.4) is 0 Å². The largest absolute Gasteiger partial charge is 0.494 e. The first-order valence-corrected chi connectivity index (χ1v) is 7.67. The summed E-state index contributed by atoms with van der Waals surface area (Å²) in [4.78, 5) is 34.2. The maximum absolute atomic E-state index is 12.1. The van der Waals surface area contributed by atoms with Crippen molar-refractivity contribution in [3.8, 4) is 5.75 Å². The van der Waals surface area contributed by atoms with E-state index in [-0.39, 0.29) is 16.3 Å². The van der Waals surface area contributed by atoms with Gasteiger partial charge in [-0.05, 0) is 37.3 Å². The molecule has 8 heteroatoms. The zero-order valence-corrected chi connectivity index (χ0v) is 14.0. The average molecular weight is 364 g/mol. The molecule has 0 atom stereocenters. The molecule has 0 aromatic heterocycles. The predicted octanol–water partition coefficient (Wildman–Crippen LogP) is 3.69. The van der Waals surface area contributed by atoms with Crippen molar-refractivity contribution < 1.29 is 24.0 Å². The van der Waals surface area contributed by atoms with Crippen molar-refractivity contribution >= 4 is 29.0 Å². The number of carbonyl (C=O) groups excluding carboxylic acids is 2. The summed E-state index contributed by atoms with van der Waals surface area (Å²) in [7, 11) is 0. The molecule has 0 aliphatic heterocycles. The number of halogens is 1. The number of benzene rings is 2. The van der Waals surface area contributed by atoms with E-state index < -0.39 is 23.3 Å². The van der Waals surface area contributed by atoms with Crippen LogP contribution in [0.1, 0.15) is 27.6 Å². The monoisotopic (exact) mass is 363 g/mol. The lowest BCUT2D eigenvalue weighted by Crippen LogP contribution is -2.14. The first-order chi connectivity index (χ1) is 11.9. The normalized spacial score (nSPS) is 10.2. The van der Waals surface area contributed by atoms with E-state index in [2.05, 4.69) is 0 Å². The Morgan fingerprint density at radius 1 is 1.16 bits per heavy atom. The number of ketones is 1. The third-order valence-electron chi connectivity index (χ3n) is 3.20. The second-order valence-corrected chi connectivity index (χ2v) is 5.29. The molecule has 2 aromatic carbocycles. The fourth-order valence-electron chi connectivity index (χ4n) is 1.98. The highest BCUT2D eigenvalue weighted by molar-refractivity contribution is 6.33. The summed E-state index contributed by atoms with van der Waals surface area (Å²) in [5.74, 6) is -0.703. The van der Waals surface area contributed by atoms with Crippen LogP contribution in [0.5, 0.6) is 5.75 Å². The fourth-order valence-corrected chi connectivity index (χ4v) is 2.17. The smallest absolute Gasteiger partial charge is 0.340 e. The molecule has 2 rings (SSSR count). The van der Waals surface area contributed by atoms with Crippen LogP contribution in [0.25, 0.3) is 0 Å². The Balaban J connectivity index is 2.03. The van der Waals surface area contributed by atoms with Crippen LogP contribution in [-0.2, 0) is 4.74 Å². The van der Waals surface area contributed by atoms with Crippen molar-refractivity contribution in [2.24, 2.45) is 0 Å². The minimum atomic E-state index is -0.909. The number of carbonyl (C=O) groups is 2. The van der Waals surface area contributed by atoms with E-state index in [1.165, 1.54) is 12.1 Å². The van der Waals surface area contributed by atoms with Crippen LogP contribution < -0.4 is 4.74 Å². The number of rotatable bonds is 7. The Kier molecular flexibility index (Phi) is 6.08. The van der Waals surface area contributed by atoms with Gasteiger partial charge in [-0.1, -0.05) is 11.6 Å². The first-order valence-electron chi connectivity index (χ1n) is 7.29.